The van der Waals surface area contributed by atoms with Gasteiger partial charge in [-0.05, 0) is 24.6 Å². The van der Waals surface area contributed by atoms with Crippen LogP contribution >= 0.6 is 0 Å². The average Bonchev–Trinajstić information content (AvgIpc) is 2.19. The molecule has 1 amide bonds. The minimum Gasteiger partial charge on any atom is -0.481 e. The first-order chi connectivity index (χ1) is 7.56. The molecule has 0 saturated heterocycles. The number of hydrogen-bond donors (Lipinski definition) is 2. The van der Waals surface area contributed by atoms with E-state index in [-0.39, 0.29) is 6.42 Å². The fraction of sp³-hybridized carbons (Fsp3) is 0.273. The first-order valence-electron chi connectivity index (χ1n) is 4.86. The summed E-state index contributed by atoms with van der Waals surface area (Å²) < 4.78 is 5.32. The third-order valence-corrected chi connectivity index (χ3v) is 2.31. The fourth-order valence-corrected chi connectivity index (χ4v) is 1.56. The Morgan fingerprint density at radius 3 is 3.00 bits per heavy atom. The molecule has 0 aliphatic carbocycles. The summed E-state index contributed by atoms with van der Waals surface area (Å²) in [5.41, 5.74) is 1.59. The lowest BCUT2D eigenvalue weighted by molar-refractivity contribution is -0.142. The van der Waals surface area contributed by atoms with Crippen molar-refractivity contribution in [1.29, 1.82) is 0 Å². The second-order valence-corrected chi connectivity index (χ2v) is 3.69. The van der Waals surface area contributed by atoms with Crippen LogP contribution in [0.15, 0.2) is 18.2 Å². The van der Waals surface area contributed by atoms with E-state index in [0.717, 1.165) is 5.56 Å². The number of ether oxygens (including phenoxy) is 1. The molecule has 1 aliphatic heterocycles. The number of fused-ring (bicyclic) bond motifs is 1. The molecule has 1 aromatic carbocycles. The number of rotatable bonds is 2. The molecule has 1 atom stereocenters. The van der Waals surface area contributed by atoms with Crippen LogP contribution in [0.1, 0.15) is 12.0 Å². The summed E-state index contributed by atoms with van der Waals surface area (Å²) in [7, 11) is 0. The van der Waals surface area contributed by atoms with Gasteiger partial charge >= 0.3 is 5.97 Å². The van der Waals surface area contributed by atoms with Crippen molar-refractivity contribution in [3.63, 3.8) is 0 Å². The molecule has 1 aromatic rings. The molecular formula is C11H11NO4. The van der Waals surface area contributed by atoms with Crippen LogP contribution in [0.3, 0.4) is 0 Å². The maximum absolute atomic E-state index is 11.5. The van der Waals surface area contributed by atoms with E-state index >= 15 is 0 Å². The van der Waals surface area contributed by atoms with E-state index in [9.17, 15) is 9.59 Å². The van der Waals surface area contributed by atoms with Crippen molar-refractivity contribution >= 4 is 17.6 Å². The van der Waals surface area contributed by atoms with Crippen LogP contribution in [0.4, 0.5) is 5.69 Å². The predicted octanol–water partition coefficient (Wildman–Crippen LogP) is 1.17. The number of amides is 1. The maximum atomic E-state index is 11.5. The van der Waals surface area contributed by atoms with Gasteiger partial charge in [-0.15, -0.1) is 0 Å². The van der Waals surface area contributed by atoms with Crippen molar-refractivity contribution in [3.8, 4) is 5.75 Å². The Hall–Kier alpha value is -2.04. The molecule has 1 aliphatic rings. The number of aliphatic carboxylic acids is 1. The van der Waals surface area contributed by atoms with Gasteiger partial charge in [0.1, 0.15) is 5.75 Å². The van der Waals surface area contributed by atoms with Gasteiger partial charge in [-0.2, -0.15) is 0 Å². The zero-order valence-electron chi connectivity index (χ0n) is 8.69. The molecule has 0 aromatic heterocycles. The van der Waals surface area contributed by atoms with E-state index in [1.165, 1.54) is 0 Å². The van der Waals surface area contributed by atoms with Gasteiger partial charge in [0.25, 0.3) is 5.91 Å². The van der Waals surface area contributed by atoms with Crippen LogP contribution < -0.4 is 10.1 Å². The minimum absolute atomic E-state index is 0.334. The smallest absolute Gasteiger partial charge is 0.307 e. The SMILES string of the molecule is Cc1ccc2c(c1)NC(=O)[C@@H](CC(=O)O)O2. The summed E-state index contributed by atoms with van der Waals surface area (Å²) in [6.07, 6.45) is -1.29. The van der Waals surface area contributed by atoms with Gasteiger partial charge < -0.3 is 15.2 Å². The van der Waals surface area contributed by atoms with Crippen molar-refractivity contribution in [2.45, 2.75) is 19.4 Å². The third kappa shape index (κ3) is 1.98. The normalized spacial score (nSPS) is 18.3. The Morgan fingerprint density at radius 2 is 2.31 bits per heavy atom. The number of carbonyl (C=O) groups excluding carboxylic acids is 1. The van der Waals surface area contributed by atoms with E-state index in [1.54, 1.807) is 12.1 Å². The van der Waals surface area contributed by atoms with Crippen molar-refractivity contribution in [2.24, 2.45) is 0 Å². The van der Waals surface area contributed by atoms with E-state index in [2.05, 4.69) is 5.32 Å². The number of benzene rings is 1. The molecule has 5 nitrogen and oxygen atoms in total. The molecule has 5 heteroatoms. The van der Waals surface area contributed by atoms with Crippen LogP contribution in [0.25, 0.3) is 0 Å². The highest BCUT2D eigenvalue weighted by Crippen LogP contribution is 2.30. The quantitative estimate of drug-likeness (QED) is 0.786. The summed E-state index contributed by atoms with van der Waals surface area (Å²) >= 11 is 0. The Morgan fingerprint density at radius 1 is 1.56 bits per heavy atom. The summed E-state index contributed by atoms with van der Waals surface area (Å²) in [6, 6.07) is 5.34. The molecule has 0 unspecified atom stereocenters. The molecule has 2 rings (SSSR count). The highest BCUT2D eigenvalue weighted by Gasteiger charge is 2.29. The number of nitrogens with one attached hydrogen (secondary N) is 1. The van der Waals surface area contributed by atoms with E-state index in [4.69, 9.17) is 9.84 Å². The molecule has 0 saturated carbocycles. The van der Waals surface area contributed by atoms with Gasteiger partial charge in [0.05, 0.1) is 12.1 Å². The lowest BCUT2D eigenvalue weighted by Gasteiger charge is -2.25. The van der Waals surface area contributed by atoms with Gasteiger partial charge in [0, 0.05) is 0 Å². The third-order valence-electron chi connectivity index (χ3n) is 2.31. The fourth-order valence-electron chi connectivity index (χ4n) is 1.56. The van der Waals surface area contributed by atoms with E-state index in [0.29, 0.717) is 11.4 Å². The largest absolute Gasteiger partial charge is 0.481 e. The highest BCUT2D eigenvalue weighted by atomic mass is 16.5. The molecule has 2 N–H and O–H groups in total. The monoisotopic (exact) mass is 221 g/mol. The van der Waals surface area contributed by atoms with Crippen molar-refractivity contribution in [2.75, 3.05) is 5.32 Å². The van der Waals surface area contributed by atoms with Crippen LogP contribution in [0.2, 0.25) is 0 Å². The van der Waals surface area contributed by atoms with Crippen LogP contribution in [-0.4, -0.2) is 23.1 Å². The Labute approximate surface area is 92.0 Å². The molecule has 1 heterocycles. The lowest BCUT2D eigenvalue weighted by Crippen LogP contribution is -2.38. The number of aryl methyl sites for hydroxylation is 1. The summed E-state index contributed by atoms with van der Waals surface area (Å²) in [4.78, 5) is 22.0. The zero-order valence-corrected chi connectivity index (χ0v) is 8.69. The topological polar surface area (TPSA) is 75.6 Å². The van der Waals surface area contributed by atoms with Gasteiger partial charge in [0.2, 0.25) is 0 Å². The highest BCUT2D eigenvalue weighted by molar-refractivity contribution is 5.99. The Balaban J connectivity index is 2.25. The number of carboxylic acid groups (broad SMARTS) is 1. The molecule has 0 bridgehead atoms. The standard InChI is InChI=1S/C11H11NO4/c1-6-2-3-8-7(4-6)12-11(15)9(16-8)5-10(13)14/h2-4,9H,5H2,1H3,(H,12,15)(H,13,14)/t9-/m1/s1. The average molecular weight is 221 g/mol. The van der Waals surface area contributed by atoms with Crippen LogP contribution in [0, 0.1) is 6.92 Å². The second-order valence-electron chi connectivity index (χ2n) is 3.69. The van der Waals surface area contributed by atoms with Gasteiger partial charge in [-0.25, -0.2) is 0 Å². The number of carbonyl (C=O) groups is 2. The van der Waals surface area contributed by atoms with Crippen LogP contribution in [-0.2, 0) is 9.59 Å². The number of hydrogen-bond acceptors (Lipinski definition) is 3. The van der Waals surface area contributed by atoms with E-state index < -0.39 is 18.0 Å². The first-order valence-corrected chi connectivity index (χ1v) is 4.86. The summed E-state index contributed by atoms with van der Waals surface area (Å²) in [6.45, 7) is 1.90. The van der Waals surface area contributed by atoms with Gasteiger partial charge in [-0.3, -0.25) is 9.59 Å². The number of carboxylic acids is 1. The molecular weight excluding hydrogens is 210 g/mol. The van der Waals surface area contributed by atoms with Gasteiger partial charge in [0.15, 0.2) is 6.10 Å². The zero-order chi connectivity index (χ0) is 11.7. The van der Waals surface area contributed by atoms with Gasteiger partial charge in [-0.1, -0.05) is 6.07 Å². The van der Waals surface area contributed by atoms with Crippen molar-refractivity contribution in [3.05, 3.63) is 23.8 Å². The van der Waals surface area contributed by atoms with Crippen LogP contribution in [0.5, 0.6) is 5.75 Å². The lowest BCUT2D eigenvalue weighted by atomic mass is 10.1. The molecule has 0 spiro atoms. The Kier molecular flexibility index (Phi) is 2.52. The van der Waals surface area contributed by atoms with E-state index in [1.807, 2.05) is 13.0 Å². The Bertz CT molecular complexity index is 455. The van der Waals surface area contributed by atoms with Crippen molar-refractivity contribution < 1.29 is 19.4 Å². The predicted molar refractivity (Wildman–Crippen MR) is 56.5 cm³/mol. The molecule has 0 radical (unpaired) electrons. The maximum Gasteiger partial charge on any atom is 0.307 e. The molecule has 16 heavy (non-hydrogen) atoms. The summed E-state index contributed by atoms with van der Waals surface area (Å²) in [5, 5.41) is 11.2. The number of anilines is 1. The molecule has 0 fully saturated rings. The van der Waals surface area contributed by atoms with Crippen molar-refractivity contribution in [1.82, 2.24) is 0 Å². The second kappa shape index (κ2) is 3.84. The minimum atomic E-state index is -1.06. The first kappa shape index (κ1) is 10.5. The molecule has 84 valence electrons. The summed E-state index contributed by atoms with van der Waals surface area (Å²) in [5.74, 6) is -0.965.